The van der Waals surface area contributed by atoms with Crippen molar-refractivity contribution in [3.63, 3.8) is 0 Å². The molecule has 1 aromatic rings. The van der Waals surface area contributed by atoms with Crippen molar-refractivity contribution < 1.29 is 0 Å². The number of rotatable bonds is 4. The highest BCUT2D eigenvalue weighted by atomic mass is 35.5. The highest BCUT2D eigenvalue weighted by molar-refractivity contribution is 6.30. The molecule has 2 aliphatic carbocycles. The highest BCUT2D eigenvalue weighted by Crippen LogP contribution is 2.49. The molecule has 18 heavy (non-hydrogen) atoms. The molecule has 98 valence electrons. The van der Waals surface area contributed by atoms with Gasteiger partial charge in [0.2, 0.25) is 0 Å². The Morgan fingerprint density at radius 1 is 1.17 bits per heavy atom. The fraction of sp³-hybridized carbons (Fsp3) is 0.625. The van der Waals surface area contributed by atoms with Gasteiger partial charge in [-0.15, -0.1) is 0 Å². The van der Waals surface area contributed by atoms with Crippen LogP contribution in [0.4, 0.5) is 0 Å². The molecule has 2 aliphatic rings. The lowest BCUT2D eigenvalue weighted by Gasteiger charge is -2.24. The molecule has 2 heteroatoms. The van der Waals surface area contributed by atoms with Crippen LogP contribution >= 0.6 is 11.6 Å². The van der Waals surface area contributed by atoms with Gasteiger partial charge in [-0.2, -0.15) is 0 Å². The Balaban J connectivity index is 1.52. The van der Waals surface area contributed by atoms with E-state index in [0.717, 1.165) is 29.2 Å². The second kappa shape index (κ2) is 5.22. The largest absolute Gasteiger partial charge is 0.327 e. The fourth-order valence-electron chi connectivity index (χ4n) is 4.06. The maximum atomic E-state index is 6.32. The fourth-order valence-corrected chi connectivity index (χ4v) is 4.19. The smallest absolute Gasteiger partial charge is 0.0406 e. The summed E-state index contributed by atoms with van der Waals surface area (Å²) in [6.45, 7) is 0. The molecule has 0 heterocycles. The summed E-state index contributed by atoms with van der Waals surface area (Å²) >= 11 is 5.90. The van der Waals surface area contributed by atoms with Gasteiger partial charge in [0.15, 0.2) is 0 Å². The van der Waals surface area contributed by atoms with Crippen molar-refractivity contribution >= 4 is 11.6 Å². The second-order valence-electron chi connectivity index (χ2n) is 6.26. The third-order valence-electron chi connectivity index (χ3n) is 4.90. The quantitative estimate of drug-likeness (QED) is 0.872. The molecular weight excluding hydrogens is 242 g/mol. The average molecular weight is 264 g/mol. The van der Waals surface area contributed by atoms with Gasteiger partial charge in [-0.3, -0.25) is 0 Å². The Labute approximate surface area is 115 Å². The van der Waals surface area contributed by atoms with Gasteiger partial charge in [0, 0.05) is 11.1 Å². The molecule has 4 atom stereocenters. The van der Waals surface area contributed by atoms with Crippen LogP contribution in [-0.2, 0) is 6.42 Å². The molecular formula is C16H22ClN. The van der Waals surface area contributed by atoms with Crippen molar-refractivity contribution in [3.8, 4) is 0 Å². The molecule has 1 nitrogen and oxygen atoms in total. The van der Waals surface area contributed by atoms with Gasteiger partial charge < -0.3 is 5.73 Å². The molecule has 2 N–H and O–H groups in total. The average Bonchev–Trinajstić information content (AvgIpc) is 2.94. The Morgan fingerprint density at radius 3 is 2.56 bits per heavy atom. The predicted molar refractivity (Wildman–Crippen MR) is 76.7 cm³/mol. The van der Waals surface area contributed by atoms with Crippen LogP contribution in [0.1, 0.15) is 37.7 Å². The monoisotopic (exact) mass is 263 g/mol. The van der Waals surface area contributed by atoms with Crippen LogP contribution in [0.2, 0.25) is 5.02 Å². The molecule has 0 amide bonds. The van der Waals surface area contributed by atoms with E-state index in [9.17, 15) is 0 Å². The van der Waals surface area contributed by atoms with E-state index in [0.29, 0.717) is 6.04 Å². The van der Waals surface area contributed by atoms with Crippen LogP contribution in [0.15, 0.2) is 24.3 Å². The third kappa shape index (κ3) is 2.73. The first-order valence-electron chi connectivity index (χ1n) is 7.20. The third-order valence-corrected chi connectivity index (χ3v) is 5.15. The Hall–Kier alpha value is -0.530. The van der Waals surface area contributed by atoms with E-state index >= 15 is 0 Å². The Bertz CT molecular complexity index is 400. The molecule has 4 unspecified atom stereocenters. The number of halogens is 1. The van der Waals surface area contributed by atoms with E-state index in [1.165, 1.54) is 37.7 Å². The molecule has 0 spiro atoms. The van der Waals surface area contributed by atoms with Crippen LogP contribution in [-0.4, -0.2) is 6.04 Å². The number of nitrogens with two attached hydrogens (primary N) is 1. The predicted octanol–water partition coefficient (Wildman–Crippen LogP) is 4.04. The Kier molecular flexibility index (Phi) is 3.63. The van der Waals surface area contributed by atoms with E-state index in [2.05, 4.69) is 12.1 Å². The summed E-state index contributed by atoms with van der Waals surface area (Å²) in [4.78, 5) is 0. The number of hydrogen-bond acceptors (Lipinski definition) is 1. The summed E-state index contributed by atoms with van der Waals surface area (Å²) in [6, 6.07) is 8.43. The van der Waals surface area contributed by atoms with Crippen molar-refractivity contribution in [2.24, 2.45) is 23.5 Å². The minimum absolute atomic E-state index is 0.315. The van der Waals surface area contributed by atoms with Crippen LogP contribution in [0.25, 0.3) is 0 Å². The van der Waals surface area contributed by atoms with Gasteiger partial charge in [-0.25, -0.2) is 0 Å². The van der Waals surface area contributed by atoms with Crippen molar-refractivity contribution in [1.82, 2.24) is 0 Å². The van der Waals surface area contributed by atoms with Crippen molar-refractivity contribution in [1.29, 1.82) is 0 Å². The summed E-state index contributed by atoms with van der Waals surface area (Å²) in [6.07, 6.45) is 8.07. The van der Waals surface area contributed by atoms with Gasteiger partial charge in [0.1, 0.15) is 0 Å². The lowest BCUT2D eigenvalue weighted by Crippen LogP contribution is -2.28. The molecule has 3 rings (SSSR count). The van der Waals surface area contributed by atoms with Gasteiger partial charge >= 0.3 is 0 Å². The summed E-state index contributed by atoms with van der Waals surface area (Å²) in [5.41, 5.74) is 7.64. The zero-order chi connectivity index (χ0) is 12.5. The molecule has 0 aliphatic heterocycles. The van der Waals surface area contributed by atoms with Gasteiger partial charge in [-0.05, 0) is 67.6 Å². The minimum Gasteiger partial charge on any atom is -0.327 e. The normalized spacial score (nSPS) is 31.8. The maximum absolute atomic E-state index is 6.32. The number of benzene rings is 1. The Morgan fingerprint density at radius 2 is 1.94 bits per heavy atom. The topological polar surface area (TPSA) is 26.0 Å². The van der Waals surface area contributed by atoms with E-state index in [1.807, 2.05) is 12.1 Å². The molecule has 0 saturated heterocycles. The molecule has 2 bridgehead atoms. The molecule has 0 aromatic heterocycles. The van der Waals surface area contributed by atoms with Crippen molar-refractivity contribution in [2.75, 3.05) is 0 Å². The van der Waals surface area contributed by atoms with Crippen LogP contribution in [0.3, 0.4) is 0 Å². The van der Waals surface area contributed by atoms with Crippen molar-refractivity contribution in [3.05, 3.63) is 34.9 Å². The first-order chi connectivity index (χ1) is 8.70. The summed E-state index contributed by atoms with van der Waals surface area (Å²) in [5, 5.41) is 0.806. The van der Waals surface area contributed by atoms with Gasteiger partial charge in [-0.1, -0.05) is 30.2 Å². The van der Waals surface area contributed by atoms with Gasteiger partial charge in [0.05, 0.1) is 0 Å². The maximum Gasteiger partial charge on any atom is 0.0406 e. The zero-order valence-corrected chi connectivity index (χ0v) is 11.6. The summed E-state index contributed by atoms with van der Waals surface area (Å²) in [7, 11) is 0. The van der Waals surface area contributed by atoms with E-state index < -0.39 is 0 Å². The first kappa shape index (κ1) is 12.5. The van der Waals surface area contributed by atoms with E-state index in [-0.39, 0.29) is 0 Å². The first-order valence-corrected chi connectivity index (χ1v) is 7.58. The second-order valence-corrected chi connectivity index (χ2v) is 6.70. The summed E-state index contributed by atoms with van der Waals surface area (Å²) < 4.78 is 0. The lowest BCUT2D eigenvalue weighted by atomic mass is 9.83. The molecule has 1 aromatic carbocycles. The molecule has 0 radical (unpaired) electrons. The highest BCUT2D eigenvalue weighted by Gasteiger charge is 2.39. The molecule has 2 fully saturated rings. The van der Waals surface area contributed by atoms with E-state index in [4.69, 9.17) is 17.3 Å². The van der Waals surface area contributed by atoms with E-state index in [1.54, 1.807) is 0 Å². The number of hydrogen-bond donors (Lipinski definition) is 1. The number of fused-ring (bicyclic) bond motifs is 2. The SMILES string of the molecule is NC(Cc1ccc(Cl)cc1)CC1CC2CCC1C2. The van der Waals surface area contributed by atoms with Gasteiger partial charge in [0.25, 0.3) is 0 Å². The summed E-state index contributed by atoms with van der Waals surface area (Å²) in [5.74, 6) is 2.93. The minimum atomic E-state index is 0.315. The molecule has 2 saturated carbocycles. The lowest BCUT2D eigenvalue weighted by molar-refractivity contribution is 0.294. The van der Waals surface area contributed by atoms with Crippen LogP contribution in [0.5, 0.6) is 0 Å². The van der Waals surface area contributed by atoms with Crippen LogP contribution < -0.4 is 5.73 Å². The van der Waals surface area contributed by atoms with Crippen LogP contribution in [0, 0.1) is 17.8 Å². The van der Waals surface area contributed by atoms with Crippen molar-refractivity contribution in [2.45, 2.75) is 44.6 Å². The standard InChI is InChI=1S/C16H22ClN/c17-15-5-2-11(3-6-15)9-16(18)10-14-8-12-1-4-13(14)7-12/h2-3,5-6,12-14,16H,1,4,7-10,18H2. The zero-order valence-electron chi connectivity index (χ0n) is 10.8.